The lowest BCUT2D eigenvalue weighted by molar-refractivity contribution is 0.0995. The lowest BCUT2D eigenvalue weighted by Gasteiger charge is -2.28. The summed E-state index contributed by atoms with van der Waals surface area (Å²) in [7, 11) is 0. The Hall–Kier alpha value is -1.32. The molecule has 0 saturated heterocycles. The van der Waals surface area contributed by atoms with Crippen molar-refractivity contribution in [1.29, 1.82) is 0 Å². The van der Waals surface area contributed by atoms with Crippen LogP contribution in [0.25, 0.3) is 0 Å². The van der Waals surface area contributed by atoms with Crippen LogP contribution in [0.1, 0.15) is 50.0 Å². The summed E-state index contributed by atoms with van der Waals surface area (Å²) >= 11 is 0. The van der Waals surface area contributed by atoms with E-state index >= 15 is 0 Å². The molecule has 1 saturated carbocycles. The van der Waals surface area contributed by atoms with Gasteiger partial charge in [0.1, 0.15) is 6.26 Å². The molecule has 1 fully saturated rings. The van der Waals surface area contributed by atoms with Crippen LogP contribution in [-0.4, -0.2) is 10.9 Å². The molecule has 0 radical (unpaired) electrons. The zero-order chi connectivity index (χ0) is 11.9. The van der Waals surface area contributed by atoms with Crippen molar-refractivity contribution in [3.05, 3.63) is 17.8 Å². The molecule has 1 atom stereocenters. The first kappa shape index (κ1) is 11.2. The van der Waals surface area contributed by atoms with Crippen LogP contribution in [0.4, 0.5) is 0 Å². The van der Waals surface area contributed by atoms with E-state index in [2.05, 4.69) is 25.8 Å². The summed E-state index contributed by atoms with van der Waals surface area (Å²) in [4.78, 5) is 15.1. The molecule has 4 nitrogen and oxygen atoms in total. The minimum atomic E-state index is -0.537. The van der Waals surface area contributed by atoms with Crippen LogP contribution in [0.5, 0.6) is 0 Å². The molecular weight excluding hydrogens is 204 g/mol. The number of amides is 1. The van der Waals surface area contributed by atoms with E-state index in [0.717, 1.165) is 5.92 Å². The number of nitrogens with zero attached hydrogens (tertiary/aromatic N) is 1. The third kappa shape index (κ3) is 1.84. The van der Waals surface area contributed by atoms with E-state index in [1.54, 1.807) is 0 Å². The van der Waals surface area contributed by atoms with Crippen molar-refractivity contribution in [3.8, 4) is 0 Å². The van der Waals surface area contributed by atoms with Gasteiger partial charge in [0.05, 0.1) is 0 Å². The molecule has 1 aromatic heterocycles. The van der Waals surface area contributed by atoms with Crippen molar-refractivity contribution < 1.29 is 9.21 Å². The standard InChI is InChI=1S/C12H18N2O2/c1-7(8-4-5-8)12(2,3)11-14-9(6-16-11)10(13)15/h6-8H,4-5H2,1-3H3,(H2,13,15). The molecule has 1 aliphatic rings. The van der Waals surface area contributed by atoms with Gasteiger partial charge in [-0.2, -0.15) is 0 Å². The van der Waals surface area contributed by atoms with Crippen molar-refractivity contribution in [3.63, 3.8) is 0 Å². The summed E-state index contributed by atoms with van der Waals surface area (Å²) in [6.07, 6.45) is 3.92. The highest BCUT2D eigenvalue weighted by atomic mass is 16.3. The van der Waals surface area contributed by atoms with E-state index in [4.69, 9.17) is 10.2 Å². The second-order valence-corrected chi connectivity index (χ2v) is 5.25. The quantitative estimate of drug-likeness (QED) is 0.848. The highest BCUT2D eigenvalue weighted by Crippen LogP contribution is 2.46. The smallest absolute Gasteiger partial charge is 0.270 e. The van der Waals surface area contributed by atoms with Gasteiger partial charge in [-0.1, -0.05) is 20.8 Å². The maximum Gasteiger partial charge on any atom is 0.270 e. The van der Waals surface area contributed by atoms with Crippen molar-refractivity contribution >= 4 is 5.91 Å². The minimum absolute atomic E-state index is 0.144. The van der Waals surface area contributed by atoms with Crippen molar-refractivity contribution in [1.82, 2.24) is 4.98 Å². The van der Waals surface area contributed by atoms with Gasteiger partial charge in [-0.05, 0) is 24.7 Å². The first-order valence-electron chi connectivity index (χ1n) is 5.68. The summed E-state index contributed by atoms with van der Waals surface area (Å²) in [5, 5.41) is 0. The van der Waals surface area contributed by atoms with Gasteiger partial charge in [0, 0.05) is 5.41 Å². The molecule has 1 aromatic rings. The van der Waals surface area contributed by atoms with Gasteiger partial charge in [-0.15, -0.1) is 0 Å². The Bertz CT molecular complexity index is 405. The van der Waals surface area contributed by atoms with Crippen molar-refractivity contribution in [2.45, 2.75) is 39.0 Å². The Morgan fingerprint density at radius 2 is 2.25 bits per heavy atom. The Morgan fingerprint density at radius 3 is 2.69 bits per heavy atom. The monoisotopic (exact) mass is 222 g/mol. The van der Waals surface area contributed by atoms with E-state index in [9.17, 15) is 4.79 Å². The molecule has 0 aromatic carbocycles. The number of carbonyl (C=O) groups is 1. The zero-order valence-electron chi connectivity index (χ0n) is 9.99. The Kier molecular flexibility index (Phi) is 2.52. The average Bonchev–Trinajstić information content (AvgIpc) is 2.92. The van der Waals surface area contributed by atoms with Gasteiger partial charge in [0.25, 0.3) is 5.91 Å². The largest absolute Gasteiger partial charge is 0.448 e. The van der Waals surface area contributed by atoms with E-state index in [0.29, 0.717) is 11.8 Å². The normalized spacial score (nSPS) is 18.4. The number of nitrogens with two attached hydrogens (primary N) is 1. The summed E-state index contributed by atoms with van der Waals surface area (Å²) in [5.41, 5.74) is 5.23. The van der Waals surface area contributed by atoms with Crippen LogP contribution in [-0.2, 0) is 5.41 Å². The van der Waals surface area contributed by atoms with Crippen molar-refractivity contribution in [2.24, 2.45) is 17.6 Å². The van der Waals surface area contributed by atoms with Gasteiger partial charge in [-0.3, -0.25) is 4.79 Å². The first-order chi connectivity index (χ1) is 7.43. The average molecular weight is 222 g/mol. The Labute approximate surface area is 95.2 Å². The molecule has 1 amide bonds. The number of oxazole rings is 1. The molecule has 4 heteroatoms. The number of rotatable bonds is 4. The SMILES string of the molecule is CC(C1CC1)C(C)(C)c1nc(C(N)=O)co1. The van der Waals surface area contributed by atoms with E-state index in [1.165, 1.54) is 19.1 Å². The number of hydrogen-bond acceptors (Lipinski definition) is 3. The summed E-state index contributed by atoms with van der Waals surface area (Å²) in [6, 6.07) is 0. The molecule has 1 aliphatic carbocycles. The Balaban J connectivity index is 2.23. The molecule has 1 heterocycles. The van der Waals surface area contributed by atoms with Crippen LogP contribution < -0.4 is 5.73 Å². The van der Waals surface area contributed by atoms with Gasteiger partial charge >= 0.3 is 0 Å². The number of primary amides is 1. The van der Waals surface area contributed by atoms with Crippen molar-refractivity contribution in [2.75, 3.05) is 0 Å². The van der Waals surface area contributed by atoms with Gasteiger partial charge in [0.15, 0.2) is 5.69 Å². The molecule has 0 aliphatic heterocycles. The maximum absolute atomic E-state index is 11.0. The predicted octanol–water partition coefficient (Wildman–Crippen LogP) is 2.10. The number of hydrogen-bond donors (Lipinski definition) is 1. The molecule has 1 unspecified atom stereocenters. The second-order valence-electron chi connectivity index (χ2n) is 5.25. The van der Waals surface area contributed by atoms with Crippen LogP contribution >= 0.6 is 0 Å². The molecule has 0 spiro atoms. The minimum Gasteiger partial charge on any atom is -0.448 e. The third-order valence-corrected chi connectivity index (χ3v) is 3.78. The fourth-order valence-electron chi connectivity index (χ4n) is 2.06. The van der Waals surface area contributed by atoms with Crippen LogP contribution in [0.15, 0.2) is 10.7 Å². The fourth-order valence-corrected chi connectivity index (χ4v) is 2.06. The third-order valence-electron chi connectivity index (χ3n) is 3.78. The molecule has 0 bridgehead atoms. The van der Waals surface area contributed by atoms with E-state index in [1.807, 2.05) is 0 Å². The number of aromatic nitrogens is 1. The Morgan fingerprint density at radius 1 is 1.62 bits per heavy atom. The van der Waals surface area contributed by atoms with Gasteiger partial charge in [-0.25, -0.2) is 4.98 Å². The van der Waals surface area contributed by atoms with Crippen LogP contribution in [0.2, 0.25) is 0 Å². The maximum atomic E-state index is 11.0. The fraction of sp³-hybridized carbons (Fsp3) is 0.667. The van der Waals surface area contributed by atoms with E-state index in [-0.39, 0.29) is 11.1 Å². The molecule has 2 N–H and O–H groups in total. The lowest BCUT2D eigenvalue weighted by Crippen LogP contribution is -2.28. The topological polar surface area (TPSA) is 69.1 Å². The summed E-state index contributed by atoms with van der Waals surface area (Å²) < 4.78 is 5.38. The highest BCUT2D eigenvalue weighted by molar-refractivity contribution is 5.90. The number of carbonyl (C=O) groups excluding carboxylic acids is 1. The molecular formula is C12H18N2O2. The molecule has 2 rings (SSSR count). The zero-order valence-corrected chi connectivity index (χ0v) is 9.99. The van der Waals surface area contributed by atoms with Gasteiger partial charge < -0.3 is 10.2 Å². The predicted molar refractivity (Wildman–Crippen MR) is 59.9 cm³/mol. The van der Waals surface area contributed by atoms with Crippen LogP contribution in [0.3, 0.4) is 0 Å². The van der Waals surface area contributed by atoms with Gasteiger partial charge in [0.2, 0.25) is 5.89 Å². The second kappa shape index (κ2) is 3.61. The summed E-state index contributed by atoms with van der Waals surface area (Å²) in [6.45, 7) is 6.42. The molecule has 88 valence electrons. The van der Waals surface area contributed by atoms with Crippen LogP contribution in [0, 0.1) is 11.8 Å². The highest BCUT2D eigenvalue weighted by Gasteiger charge is 2.41. The van der Waals surface area contributed by atoms with E-state index < -0.39 is 5.91 Å². The first-order valence-corrected chi connectivity index (χ1v) is 5.68. The molecule has 16 heavy (non-hydrogen) atoms. The lowest BCUT2D eigenvalue weighted by atomic mass is 9.77. The summed E-state index contributed by atoms with van der Waals surface area (Å²) in [5.74, 6) is 1.34.